The van der Waals surface area contributed by atoms with Crippen molar-refractivity contribution in [2.45, 2.75) is 50.9 Å². The zero-order valence-electron chi connectivity index (χ0n) is 17.2. The Morgan fingerprint density at radius 2 is 1.93 bits per heavy atom. The molecular formula is C22H34N4O2. The van der Waals surface area contributed by atoms with E-state index in [2.05, 4.69) is 41.1 Å². The van der Waals surface area contributed by atoms with Crippen LogP contribution in [-0.2, 0) is 10.2 Å². The van der Waals surface area contributed by atoms with Crippen molar-refractivity contribution >= 4 is 11.9 Å². The molecule has 1 aromatic carbocycles. The number of nitrogens with zero attached hydrogens (tertiary/aromatic N) is 1. The molecule has 0 heterocycles. The molecule has 154 valence electrons. The topological polar surface area (TPSA) is 74.8 Å². The molecule has 0 radical (unpaired) electrons. The summed E-state index contributed by atoms with van der Waals surface area (Å²) >= 11 is 0. The second-order valence-corrected chi connectivity index (χ2v) is 7.91. The van der Waals surface area contributed by atoms with E-state index in [1.54, 1.807) is 7.11 Å². The number of ether oxygens (including phenoxy) is 1. The van der Waals surface area contributed by atoms with E-state index in [1.807, 2.05) is 6.07 Å². The molecule has 0 atom stereocenters. The molecule has 0 aliphatic heterocycles. The van der Waals surface area contributed by atoms with Crippen LogP contribution in [0, 0.1) is 5.92 Å². The van der Waals surface area contributed by atoms with E-state index < -0.39 is 0 Å². The fourth-order valence-corrected chi connectivity index (χ4v) is 3.97. The summed E-state index contributed by atoms with van der Waals surface area (Å²) in [7, 11) is 1.72. The monoisotopic (exact) mass is 386 g/mol. The van der Waals surface area contributed by atoms with Gasteiger partial charge in [0.2, 0.25) is 5.91 Å². The predicted molar refractivity (Wildman–Crippen MR) is 113 cm³/mol. The van der Waals surface area contributed by atoms with Crippen LogP contribution in [0.2, 0.25) is 0 Å². The Morgan fingerprint density at radius 3 is 2.61 bits per heavy atom. The molecule has 3 N–H and O–H groups in total. The number of nitrogens with one attached hydrogen (secondary N) is 3. The highest BCUT2D eigenvalue weighted by molar-refractivity contribution is 5.81. The average molecular weight is 387 g/mol. The molecule has 2 aliphatic rings. The van der Waals surface area contributed by atoms with Gasteiger partial charge in [0.05, 0.1) is 13.7 Å². The Bertz CT molecular complexity index is 679. The van der Waals surface area contributed by atoms with E-state index in [0.717, 1.165) is 50.5 Å². The number of hydrogen-bond acceptors (Lipinski definition) is 3. The normalized spacial score (nSPS) is 18.6. The van der Waals surface area contributed by atoms with Gasteiger partial charge in [-0.15, -0.1) is 0 Å². The van der Waals surface area contributed by atoms with Gasteiger partial charge >= 0.3 is 0 Å². The van der Waals surface area contributed by atoms with Crippen molar-refractivity contribution in [3.63, 3.8) is 0 Å². The second kappa shape index (κ2) is 9.80. The maximum atomic E-state index is 11.7. The van der Waals surface area contributed by atoms with Crippen LogP contribution in [0.3, 0.4) is 0 Å². The molecule has 2 aliphatic carbocycles. The third-order valence-corrected chi connectivity index (χ3v) is 5.79. The fourth-order valence-electron chi connectivity index (χ4n) is 3.97. The Balaban J connectivity index is 1.60. The average Bonchev–Trinajstić information content (AvgIpc) is 3.47. The number of benzene rings is 1. The first-order valence-electron chi connectivity index (χ1n) is 10.6. The van der Waals surface area contributed by atoms with Gasteiger partial charge in [0.1, 0.15) is 5.75 Å². The first-order chi connectivity index (χ1) is 13.7. The summed E-state index contributed by atoms with van der Waals surface area (Å²) in [6.07, 6.45) is 6.86. The predicted octanol–water partition coefficient (Wildman–Crippen LogP) is 2.59. The molecular weight excluding hydrogens is 352 g/mol. The van der Waals surface area contributed by atoms with E-state index in [1.165, 1.54) is 18.4 Å². The molecule has 0 bridgehead atoms. The minimum Gasteiger partial charge on any atom is -0.497 e. The summed E-state index contributed by atoms with van der Waals surface area (Å²) < 4.78 is 5.43. The number of carbonyl (C=O) groups is 1. The maximum absolute atomic E-state index is 11.7. The van der Waals surface area contributed by atoms with Crippen LogP contribution in [0.15, 0.2) is 29.3 Å². The summed E-state index contributed by atoms with van der Waals surface area (Å²) in [5, 5.41) is 9.66. The molecule has 0 spiro atoms. The second-order valence-electron chi connectivity index (χ2n) is 7.91. The van der Waals surface area contributed by atoms with Crippen LogP contribution >= 0.6 is 0 Å². The Morgan fingerprint density at radius 1 is 1.18 bits per heavy atom. The quantitative estimate of drug-likeness (QED) is 0.346. The van der Waals surface area contributed by atoms with Gasteiger partial charge in [0.25, 0.3) is 0 Å². The molecule has 0 aromatic heterocycles. The molecule has 0 unspecified atom stereocenters. The number of amides is 1. The molecule has 0 saturated heterocycles. The molecule has 3 rings (SSSR count). The van der Waals surface area contributed by atoms with Gasteiger partial charge in [0, 0.05) is 31.0 Å². The largest absolute Gasteiger partial charge is 0.497 e. The van der Waals surface area contributed by atoms with Crippen molar-refractivity contribution in [1.29, 1.82) is 0 Å². The van der Waals surface area contributed by atoms with Crippen LogP contribution in [-0.4, -0.2) is 45.2 Å². The lowest BCUT2D eigenvalue weighted by Crippen LogP contribution is -2.42. The van der Waals surface area contributed by atoms with Crippen LogP contribution in [0.1, 0.15) is 51.0 Å². The third kappa shape index (κ3) is 5.40. The van der Waals surface area contributed by atoms with Crippen molar-refractivity contribution in [2.24, 2.45) is 10.9 Å². The summed E-state index contributed by atoms with van der Waals surface area (Å²) in [6.45, 7) is 4.94. The molecule has 6 nitrogen and oxygen atoms in total. The lowest BCUT2D eigenvalue weighted by Gasteiger charge is -2.28. The van der Waals surface area contributed by atoms with Crippen LogP contribution in [0.5, 0.6) is 5.75 Å². The third-order valence-electron chi connectivity index (χ3n) is 5.79. The van der Waals surface area contributed by atoms with E-state index >= 15 is 0 Å². The zero-order valence-corrected chi connectivity index (χ0v) is 17.2. The number of carbonyl (C=O) groups excluding carboxylic acids is 1. The van der Waals surface area contributed by atoms with E-state index in [4.69, 9.17) is 9.73 Å². The van der Waals surface area contributed by atoms with Gasteiger partial charge < -0.3 is 20.7 Å². The van der Waals surface area contributed by atoms with Gasteiger partial charge in [0.15, 0.2) is 5.96 Å². The van der Waals surface area contributed by atoms with Gasteiger partial charge in [-0.2, -0.15) is 0 Å². The molecule has 28 heavy (non-hydrogen) atoms. The zero-order chi connectivity index (χ0) is 19.8. The number of aliphatic imine (C=N–C) groups is 1. The van der Waals surface area contributed by atoms with Crippen molar-refractivity contribution in [1.82, 2.24) is 16.0 Å². The minimum atomic E-state index is 0.0804. The standard InChI is InChI=1S/C22H34N4O2/c1-3-23-21(25-14-13-24-20(27)17-9-10-17)26-16-22(11-4-5-12-22)18-7-6-8-19(15-18)28-2/h6-8,15,17H,3-5,9-14,16H2,1-2H3,(H,24,27)(H2,23,25,26). The first-order valence-corrected chi connectivity index (χ1v) is 10.6. The molecule has 1 aromatic rings. The number of guanidine groups is 1. The smallest absolute Gasteiger partial charge is 0.223 e. The van der Waals surface area contributed by atoms with Crippen molar-refractivity contribution in [3.8, 4) is 5.75 Å². The molecule has 2 fully saturated rings. The van der Waals surface area contributed by atoms with Gasteiger partial charge in [-0.05, 0) is 50.3 Å². The van der Waals surface area contributed by atoms with E-state index in [9.17, 15) is 4.79 Å². The Labute approximate surface area is 168 Å². The van der Waals surface area contributed by atoms with E-state index in [-0.39, 0.29) is 17.2 Å². The van der Waals surface area contributed by atoms with Crippen LogP contribution < -0.4 is 20.7 Å². The van der Waals surface area contributed by atoms with Crippen LogP contribution in [0.4, 0.5) is 0 Å². The maximum Gasteiger partial charge on any atom is 0.223 e. The first kappa shape index (κ1) is 20.5. The number of hydrogen-bond donors (Lipinski definition) is 3. The number of methoxy groups -OCH3 is 1. The molecule has 1 amide bonds. The highest BCUT2D eigenvalue weighted by Crippen LogP contribution is 2.42. The van der Waals surface area contributed by atoms with E-state index in [0.29, 0.717) is 13.1 Å². The summed E-state index contributed by atoms with van der Waals surface area (Å²) in [4.78, 5) is 16.6. The van der Waals surface area contributed by atoms with Crippen molar-refractivity contribution < 1.29 is 9.53 Å². The SMILES string of the molecule is CCNC(=NCC1(c2cccc(OC)c2)CCCC1)NCCNC(=O)C1CC1. The van der Waals surface area contributed by atoms with Gasteiger partial charge in [-0.1, -0.05) is 25.0 Å². The summed E-state index contributed by atoms with van der Waals surface area (Å²) in [5.41, 5.74) is 1.40. The van der Waals surface area contributed by atoms with Crippen LogP contribution in [0.25, 0.3) is 0 Å². The summed E-state index contributed by atoms with van der Waals surface area (Å²) in [5.74, 6) is 2.17. The minimum absolute atomic E-state index is 0.0804. The molecule has 6 heteroatoms. The van der Waals surface area contributed by atoms with Crippen molar-refractivity contribution in [3.05, 3.63) is 29.8 Å². The van der Waals surface area contributed by atoms with Crippen molar-refractivity contribution in [2.75, 3.05) is 33.3 Å². The molecule has 2 saturated carbocycles. The number of rotatable bonds is 9. The highest BCUT2D eigenvalue weighted by Gasteiger charge is 2.36. The Kier molecular flexibility index (Phi) is 7.18. The lowest BCUT2D eigenvalue weighted by molar-refractivity contribution is -0.122. The Hall–Kier alpha value is -2.24. The highest BCUT2D eigenvalue weighted by atomic mass is 16.5. The van der Waals surface area contributed by atoms with Gasteiger partial charge in [-0.25, -0.2) is 0 Å². The lowest BCUT2D eigenvalue weighted by atomic mass is 9.79. The fraction of sp³-hybridized carbons (Fsp3) is 0.636. The summed E-state index contributed by atoms with van der Waals surface area (Å²) in [6, 6.07) is 8.44. The van der Waals surface area contributed by atoms with Gasteiger partial charge in [-0.3, -0.25) is 9.79 Å².